The maximum absolute atomic E-state index is 12.4. The van der Waals surface area contributed by atoms with E-state index in [2.05, 4.69) is 15.3 Å². The van der Waals surface area contributed by atoms with Gasteiger partial charge in [-0.05, 0) is 36.4 Å². The molecule has 4 rings (SSSR count). The highest BCUT2D eigenvalue weighted by atomic mass is 35.5. The van der Waals surface area contributed by atoms with E-state index in [1.807, 2.05) is 30.3 Å². The number of anilines is 1. The van der Waals surface area contributed by atoms with Crippen molar-refractivity contribution in [1.82, 2.24) is 9.97 Å². The van der Waals surface area contributed by atoms with Crippen LogP contribution in [0.4, 0.5) is 5.69 Å². The molecular weight excluding hydrogens is 425 g/mol. The van der Waals surface area contributed by atoms with E-state index in [4.69, 9.17) is 27.9 Å². The zero-order valence-corrected chi connectivity index (χ0v) is 17.0. The van der Waals surface area contributed by atoms with Crippen LogP contribution in [0.1, 0.15) is 10.4 Å². The number of imidazole rings is 1. The lowest BCUT2D eigenvalue weighted by Gasteiger charge is -2.07. The largest absolute Gasteiger partial charge is 0.452 e. The number of hydrogen-bond donors (Lipinski definition) is 2. The van der Waals surface area contributed by atoms with Crippen LogP contribution in [-0.2, 0) is 9.53 Å². The van der Waals surface area contributed by atoms with Gasteiger partial charge in [-0.2, -0.15) is 0 Å². The number of nitrogens with one attached hydrogen (secondary N) is 2. The van der Waals surface area contributed by atoms with Gasteiger partial charge in [-0.1, -0.05) is 53.5 Å². The lowest BCUT2D eigenvalue weighted by atomic mass is 10.2. The molecular formula is C22H15Cl2N3O3. The number of amides is 1. The van der Waals surface area contributed by atoms with Crippen molar-refractivity contribution in [2.45, 2.75) is 0 Å². The monoisotopic (exact) mass is 439 g/mol. The van der Waals surface area contributed by atoms with Crippen molar-refractivity contribution >= 4 is 51.8 Å². The predicted octanol–water partition coefficient (Wildman–Crippen LogP) is 5.33. The number of benzene rings is 3. The van der Waals surface area contributed by atoms with E-state index >= 15 is 0 Å². The van der Waals surface area contributed by atoms with E-state index in [-0.39, 0.29) is 0 Å². The van der Waals surface area contributed by atoms with Crippen LogP contribution >= 0.6 is 23.2 Å². The minimum absolute atomic E-state index is 0.310. The number of rotatable bonds is 5. The third-order valence-electron chi connectivity index (χ3n) is 4.25. The van der Waals surface area contributed by atoms with Crippen molar-refractivity contribution < 1.29 is 14.3 Å². The molecule has 0 aliphatic heterocycles. The van der Waals surface area contributed by atoms with Gasteiger partial charge in [0.25, 0.3) is 5.91 Å². The minimum Gasteiger partial charge on any atom is -0.452 e. The number of nitrogens with zero attached hydrogens (tertiary/aromatic N) is 1. The van der Waals surface area contributed by atoms with Crippen LogP contribution in [0.3, 0.4) is 0 Å². The van der Waals surface area contributed by atoms with Crippen molar-refractivity contribution in [2.24, 2.45) is 0 Å². The minimum atomic E-state index is -0.618. The Morgan fingerprint density at radius 3 is 2.43 bits per heavy atom. The second-order valence-corrected chi connectivity index (χ2v) is 7.34. The van der Waals surface area contributed by atoms with E-state index in [0.29, 0.717) is 32.6 Å². The summed E-state index contributed by atoms with van der Waals surface area (Å²) in [5, 5.41) is 3.35. The zero-order chi connectivity index (χ0) is 21.1. The maximum atomic E-state index is 12.4. The molecule has 0 unspecified atom stereocenters. The normalized spacial score (nSPS) is 10.7. The smallest absolute Gasteiger partial charge is 0.338 e. The van der Waals surface area contributed by atoms with Gasteiger partial charge in [0.2, 0.25) is 0 Å². The van der Waals surface area contributed by atoms with E-state index in [1.54, 1.807) is 36.4 Å². The predicted molar refractivity (Wildman–Crippen MR) is 117 cm³/mol. The fourth-order valence-corrected chi connectivity index (χ4v) is 3.43. The molecule has 0 fully saturated rings. The number of carbonyl (C=O) groups excluding carboxylic acids is 2. The first-order chi connectivity index (χ1) is 14.5. The molecule has 0 bridgehead atoms. The average molecular weight is 440 g/mol. The number of ether oxygens (including phenoxy) is 1. The van der Waals surface area contributed by atoms with E-state index in [9.17, 15) is 9.59 Å². The number of fused-ring (bicyclic) bond motifs is 1. The molecule has 150 valence electrons. The molecule has 0 aliphatic rings. The summed E-state index contributed by atoms with van der Waals surface area (Å²) in [6.07, 6.45) is 0. The number of H-pyrrole nitrogens is 1. The molecule has 3 aromatic carbocycles. The molecule has 0 spiro atoms. The zero-order valence-electron chi connectivity index (χ0n) is 15.5. The molecule has 4 aromatic rings. The summed E-state index contributed by atoms with van der Waals surface area (Å²) >= 11 is 11.8. The second kappa shape index (κ2) is 8.57. The topological polar surface area (TPSA) is 84.1 Å². The highest BCUT2D eigenvalue weighted by Gasteiger charge is 2.13. The van der Waals surface area contributed by atoms with Gasteiger partial charge in [0.15, 0.2) is 6.61 Å². The van der Waals surface area contributed by atoms with Crippen molar-refractivity contribution in [3.63, 3.8) is 0 Å². The van der Waals surface area contributed by atoms with Crippen LogP contribution in [0, 0.1) is 0 Å². The molecule has 1 heterocycles. The summed E-state index contributed by atoms with van der Waals surface area (Å²) in [7, 11) is 0. The quantitative estimate of drug-likeness (QED) is 0.411. The first kappa shape index (κ1) is 19.9. The SMILES string of the molecule is O=C(COC(=O)c1ccc2nc(-c3ccccc3)[nH]c2c1)Nc1cc(Cl)cc(Cl)c1. The van der Waals surface area contributed by atoms with E-state index in [0.717, 1.165) is 11.1 Å². The summed E-state index contributed by atoms with van der Waals surface area (Å²) < 4.78 is 5.11. The summed E-state index contributed by atoms with van der Waals surface area (Å²) in [4.78, 5) is 32.1. The molecule has 0 saturated heterocycles. The lowest BCUT2D eigenvalue weighted by molar-refractivity contribution is -0.119. The number of hydrogen-bond acceptors (Lipinski definition) is 4. The summed E-state index contributed by atoms with van der Waals surface area (Å²) in [5.74, 6) is -0.418. The van der Waals surface area contributed by atoms with Crippen molar-refractivity contribution in [3.05, 3.63) is 82.3 Å². The Hall–Kier alpha value is -3.35. The Morgan fingerprint density at radius 2 is 1.70 bits per heavy atom. The van der Waals surface area contributed by atoms with Gasteiger partial charge in [0.1, 0.15) is 5.82 Å². The Labute approximate surface area is 181 Å². The highest BCUT2D eigenvalue weighted by molar-refractivity contribution is 6.35. The molecule has 8 heteroatoms. The maximum Gasteiger partial charge on any atom is 0.338 e. The third-order valence-corrected chi connectivity index (χ3v) is 4.68. The van der Waals surface area contributed by atoms with Crippen LogP contribution in [0.5, 0.6) is 0 Å². The summed E-state index contributed by atoms with van der Waals surface area (Å²) in [6, 6.07) is 19.3. The fourth-order valence-electron chi connectivity index (χ4n) is 2.91. The Morgan fingerprint density at radius 1 is 0.967 bits per heavy atom. The van der Waals surface area contributed by atoms with Crippen molar-refractivity contribution in [2.75, 3.05) is 11.9 Å². The molecule has 0 atom stereocenters. The number of carbonyl (C=O) groups is 2. The summed E-state index contributed by atoms with van der Waals surface area (Å²) in [6.45, 7) is -0.445. The van der Waals surface area contributed by atoms with Gasteiger partial charge in [-0.3, -0.25) is 4.79 Å². The van der Waals surface area contributed by atoms with Gasteiger partial charge in [-0.25, -0.2) is 9.78 Å². The van der Waals surface area contributed by atoms with Crippen molar-refractivity contribution in [3.8, 4) is 11.4 Å². The molecule has 2 N–H and O–H groups in total. The molecule has 1 amide bonds. The van der Waals surface area contributed by atoms with Crippen LogP contribution in [0.25, 0.3) is 22.4 Å². The van der Waals surface area contributed by atoms with Gasteiger partial charge in [0, 0.05) is 21.3 Å². The van der Waals surface area contributed by atoms with Crippen LogP contribution in [0.15, 0.2) is 66.7 Å². The Kier molecular flexibility index (Phi) is 5.70. The number of aromatic nitrogens is 2. The number of esters is 1. The first-order valence-corrected chi connectivity index (χ1v) is 9.72. The third kappa shape index (κ3) is 4.62. The summed E-state index contributed by atoms with van der Waals surface area (Å²) in [5.41, 5.74) is 3.09. The van der Waals surface area contributed by atoms with Gasteiger partial charge >= 0.3 is 5.97 Å². The molecule has 6 nitrogen and oxygen atoms in total. The lowest BCUT2D eigenvalue weighted by Crippen LogP contribution is -2.20. The number of halogens is 2. The fraction of sp³-hybridized carbons (Fsp3) is 0.0455. The standard InChI is InChI=1S/C22H15Cl2N3O3/c23-15-9-16(24)11-17(10-15)25-20(28)12-30-22(29)14-6-7-18-19(8-14)27-21(26-18)13-4-2-1-3-5-13/h1-11H,12H2,(H,25,28)(H,26,27). The molecule has 0 saturated carbocycles. The van der Waals surface area contributed by atoms with Crippen LogP contribution in [-0.4, -0.2) is 28.5 Å². The van der Waals surface area contributed by atoms with E-state index in [1.165, 1.54) is 0 Å². The van der Waals surface area contributed by atoms with Crippen LogP contribution < -0.4 is 5.32 Å². The Balaban J connectivity index is 1.42. The first-order valence-electron chi connectivity index (χ1n) is 8.96. The number of aromatic amines is 1. The second-order valence-electron chi connectivity index (χ2n) is 6.47. The average Bonchev–Trinajstić information content (AvgIpc) is 3.15. The molecule has 30 heavy (non-hydrogen) atoms. The highest BCUT2D eigenvalue weighted by Crippen LogP contribution is 2.23. The molecule has 1 aromatic heterocycles. The van der Waals surface area contributed by atoms with Crippen molar-refractivity contribution in [1.29, 1.82) is 0 Å². The molecule has 0 radical (unpaired) electrons. The van der Waals surface area contributed by atoms with Gasteiger partial charge < -0.3 is 15.0 Å². The molecule has 0 aliphatic carbocycles. The Bertz CT molecular complexity index is 1220. The van der Waals surface area contributed by atoms with Gasteiger partial charge in [-0.15, -0.1) is 0 Å². The van der Waals surface area contributed by atoms with Crippen LogP contribution in [0.2, 0.25) is 10.0 Å². The van der Waals surface area contributed by atoms with E-state index < -0.39 is 18.5 Å². The van der Waals surface area contributed by atoms with Gasteiger partial charge in [0.05, 0.1) is 16.6 Å².